The molecule has 0 radical (unpaired) electrons. The highest BCUT2D eigenvalue weighted by molar-refractivity contribution is 5.81. The Balaban J connectivity index is 1.60. The third-order valence-electron chi connectivity index (χ3n) is 5.94. The van der Waals surface area contributed by atoms with E-state index in [2.05, 4.69) is 24.3 Å². The molecule has 0 bridgehead atoms. The highest BCUT2D eigenvalue weighted by Crippen LogP contribution is 2.37. The highest BCUT2D eigenvalue weighted by Gasteiger charge is 2.38. The van der Waals surface area contributed by atoms with E-state index in [4.69, 9.17) is 0 Å². The molecule has 1 aromatic carbocycles. The minimum atomic E-state index is -0.771. The summed E-state index contributed by atoms with van der Waals surface area (Å²) in [7, 11) is 0. The van der Waals surface area contributed by atoms with E-state index in [1.165, 1.54) is 5.56 Å². The van der Waals surface area contributed by atoms with Crippen molar-refractivity contribution >= 4 is 11.9 Å². The van der Waals surface area contributed by atoms with Gasteiger partial charge in [0, 0.05) is 18.5 Å². The first-order chi connectivity index (χ1) is 11.6. The van der Waals surface area contributed by atoms with Crippen molar-refractivity contribution in [2.45, 2.75) is 57.4 Å². The van der Waals surface area contributed by atoms with E-state index in [0.717, 1.165) is 32.1 Å². The van der Waals surface area contributed by atoms with Gasteiger partial charge >= 0.3 is 5.97 Å². The second-order valence-electron chi connectivity index (χ2n) is 7.32. The Hall–Kier alpha value is -1.84. The van der Waals surface area contributed by atoms with Crippen LogP contribution in [0.1, 0.15) is 56.9 Å². The Labute approximate surface area is 143 Å². The second kappa shape index (κ2) is 7.37. The lowest BCUT2D eigenvalue weighted by Gasteiger charge is -2.40. The average Bonchev–Trinajstić information content (AvgIpc) is 2.62. The summed E-state index contributed by atoms with van der Waals surface area (Å²) >= 11 is 0. The van der Waals surface area contributed by atoms with Crippen molar-refractivity contribution < 1.29 is 14.7 Å². The first-order valence-electron chi connectivity index (χ1n) is 9.16. The zero-order valence-electron chi connectivity index (χ0n) is 14.4. The smallest absolute Gasteiger partial charge is 0.308 e. The quantitative estimate of drug-likeness (QED) is 0.920. The number of rotatable bonds is 3. The van der Waals surface area contributed by atoms with E-state index in [-0.39, 0.29) is 17.9 Å². The molecule has 1 heterocycles. The highest BCUT2D eigenvalue weighted by atomic mass is 16.4. The number of carboxylic acids is 1. The Kier molecular flexibility index (Phi) is 5.22. The van der Waals surface area contributed by atoms with Gasteiger partial charge in [-0.05, 0) is 56.9 Å². The number of aliphatic carboxylic acids is 1. The first-order valence-corrected chi connectivity index (χ1v) is 9.16. The predicted molar refractivity (Wildman–Crippen MR) is 92.7 cm³/mol. The summed E-state index contributed by atoms with van der Waals surface area (Å²) in [5.41, 5.74) is 1.38. The molecule has 1 N–H and O–H groups in total. The van der Waals surface area contributed by atoms with Gasteiger partial charge in [0.25, 0.3) is 0 Å². The minimum absolute atomic E-state index is 0.0694. The summed E-state index contributed by atoms with van der Waals surface area (Å²) in [4.78, 5) is 26.1. The summed E-state index contributed by atoms with van der Waals surface area (Å²) in [6.45, 7) is 2.61. The van der Waals surface area contributed by atoms with Crippen molar-refractivity contribution in [1.29, 1.82) is 0 Å². The van der Waals surface area contributed by atoms with E-state index in [0.29, 0.717) is 18.9 Å². The molecule has 24 heavy (non-hydrogen) atoms. The third-order valence-corrected chi connectivity index (χ3v) is 5.94. The summed E-state index contributed by atoms with van der Waals surface area (Å²) < 4.78 is 0. The number of hydrogen-bond donors (Lipinski definition) is 1. The Bertz CT molecular complexity index is 578. The largest absolute Gasteiger partial charge is 0.481 e. The number of carbonyl (C=O) groups is 2. The summed E-state index contributed by atoms with van der Waals surface area (Å²) in [5.74, 6) is -0.378. The van der Waals surface area contributed by atoms with Crippen molar-refractivity contribution in [2.75, 3.05) is 6.54 Å². The summed E-state index contributed by atoms with van der Waals surface area (Å²) in [5, 5.41) is 9.34. The fraction of sp³-hybridized carbons (Fsp3) is 0.600. The van der Waals surface area contributed by atoms with Gasteiger partial charge < -0.3 is 10.0 Å². The van der Waals surface area contributed by atoms with Crippen molar-refractivity contribution in [1.82, 2.24) is 4.90 Å². The Morgan fingerprint density at radius 3 is 2.33 bits per heavy atom. The molecule has 0 aromatic heterocycles. The molecule has 130 valence electrons. The van der Waals surface area contributed by atoms with Crippen molar-refractivity contribution in [2.24, 2.45) is 11.8 Å². The number of carbonyl (C=O) groups excluding carboxylic acids is 1. The zero-order chi connectivity index (χ0) is 17.1. The molecule has 1 saturated heterocycles. The maximum atomic E-state index is 12.9. The van der Waals surface area contributed by atoms with Gasteiger partial charge in [-0.2, -0.15) is 0 Å². The molecule has 0 spiro atoms. The lowest BCUT2D eigenvalue weighted by atomic mass is 9.77. The molecule has 0 unspecified atom stereocenters. The predicted octanol–water partition coefficient (Wildman–Crippen LogP) is 3.67. The number of benzene rings is 1. The van der Waals surface area contributed by atoms with Crippen molar-refractivity contribution in [3.05, 3.63) is 35.9 Å². The molecule has 2 atom stereocenters. The lowest BCUT2D eigenvalue weighted by molar-refractivity contribution is -0.151. The number of amides is 1. The molecule has 2 aliphatic rings. The number of nitrogens with zero attached hydrogens (tertiary/aromatic N) is 1. The summed E-state index contributed by atoms with van der Waals surface area (Å²) in [6, 6.07) is 10.4. The molecular weight excluding hydrogens is 302 g/mol. The fourth-order valence-electron chi connectivity index (χ4n) is 4.42. The number of piperidine rings is 1. The second-order valence-corrected chi connectivity index (χ2v) is 7.32. The van der Waals surface area contributed by atoms with Crippen LogP contribution in [0.4, 0.5) is 0 Å². The number of likely N-dealkylation sites (tertiary alicyclic amines) is 1. The molecule has 1 aliphatic carbocycles. The first kappa shape index (κ1) is 17.0. The molecule has 1 aromatic rings. The van der Waals surface area contributed by atoms with Gasteiger partial charge in [-0.3, -0.25) is 9.59 Å². The Morgan fingerprint density at radius 2 is 1.71 bits per heavy atom. The van der Waals surface area contributed by atoms with Gasteiger partial charge in [0.15, 0.2) is 0 Å². The molecule has 1 aliphatic heterocycles. The van der Waals surface area contributed by atoms with Crippen LogP contribution < -0.4 is 0 Å². The van der Waals surface area contributed by atoms with Crippen LogP contribution in [0.25, 0.3) is 0 Å². The number of hydrogen-bond acceptors (Lipinski definition) is 2. The normalized spacial score (nSPS) is 30.8. The van der Waals surface area contributed by atoms with Crippen LogP contribution in [0.15, 0.2) is 30.3 Å². The van der Waals surface area contributed by atoms with E-state index in [1.54, 1.807) is 0 Å². The van der Waals surface area contributed by atoms with Gasteiger partial charge in [-0.1, -0.05) is 30.3 Å². The van der Waals surface area contributed by atoms with E-state index in [9.17, 15) is 14.7 Å². The molecule has 2 fully saturated rings. The van der Waals surface area contributed by atoms with Crippen LogP contribution in [0.2, 0.25) is 0 Å². The topological polar surface area (TPSA) is 57.6 Å². The van der Waals surface area contributed by atoms with Gasteiger partial charge in [-0.25, -0.2) is 0 Å². The van der Waals surface area contributed by atoms with Gasteiger partial charge in [0.1, 0.15) is 0 Å². The van der Waals surface area contributed by atoms with Crippen molar-refractivity contribution in [3.63, 3.8) is 0 Å². The van der Waals surface area contributed by atoms with Gasteiger partial charge in [0.05, 0.1) is 5.92 Å². The van der Waals surface area contributed by atoms with Crippen molar-refractivity contribution in [3.8, 4) is 0 Å². The van der Waals surface area contributed by atoms with Crippen LogP contribution in [-0.2, 0) is 9.59 Å². The molecule has 1 amide bonds. The maximum absolute atomic E-state index is 12.9. The Morgan fingerprint density at radius 1 is 1.04 bits per heavy atom. The van der Waals surface area contributed by atoms with Gasteiger partial charge in [-0.15, -0.1) is 0 Å². The van der Waals surface area contributed by atoms with E-state index in [1.807, 2.05) is 17.9 Å². The monoisotopic (exact) mass is 329 g/mol. The van der Waals surface area contributed by atoms with E-state index >= 15 is 0 Å². The fourth-order valence-corrected chi connectivity index (χ4v) is 4.42. The molecule has 4 heteroatoms. The summed E-state index contributed by atoms with van der Waals surface area (Å²) in [6.07, 6.45) is 5.40. The molecule has 4 nitrogen and oxygen atoms in total. The molecule has 3 rings (SSSR count). The van der Waals surface area contributed by atoms with Crippen LogP contribution >= 0.6 is 0 Å². The molecule has 1 saturated carbocycles. The minimum Gasteiger partial charge on any atom is -0.481 e. The van der Waals surface area contributed by atoms with Crippen LogP contribution in [0.3, 0.4) is 0 Å². The molecular formula is C20H27NO3. The maximum Gasteiger partial charge on any atom is 0.308 e. The van der Waals surface area contributed by atoms with Crippen LogP contribution in [0.5, 0.6) is 0 Å². The number of carboxylic acid groups (broad SMARTS) is 1. The SMILES string of the molecule is C[C@@H]1[C@H](C(=O)O)CCCN1C(=O)C1CCC(c2ccccc2)CC1. The zero-order valence-corrected chi connectivity index (χ0v) is 14.4. The average molecular weight is 329 g/mol. The van der Waals surface area contributed by atoms with Crippen LogP contribution in [0, 0.1) is 11.8 Å². The van der Waals surface area contributed by atoms with E-state index < -0.39 is 11.9 Å². The van der Waals surface area contributed by atoms with Gasteiger partial charge in [0.2, 0.25) is 5.91 Å². The van der Waals surface area contributed by atoms with Crippen LogP contribution in [-0.4, -0.2) is 34.5 Å². The third kappa shape index (κ3) is 3.47. The standard InChI is InChI=1S/C20H27NO3/c1-14-18(20(23)24)8-5-13-21(14)19(22)17-11-9-16(10-12-17)15-6-3-2-4-7-15/h2-4,6-7,14,16-18H,5,8-13H2,1H3,(H,23,24)/t14-,16?,17?,18-/m1/s1. The lowest BCUT2D eigenvalue weighted by Crippen LogP contribution is -2.51.